The van der Waals surface area contributed by atoms with Crippen LogP contribution in [0.1, 0.15) is 46.0 Å². The van der Waals surface area contributed by atoms with Crippen LogP contribution in [0.3, 0.4) is 0 Å². The topological polar surface area (TPSA) is 50.6 Å². The van der Waals surface area contributed by atoms with E-state index in [0.717, 1.165) is 32.5 Å². The lowest BCUT2D eigenvalue weighted by atomic mass is 9.98. The summed E-state index contributed by atoms with van der Waals surface area (Å²) in [6.45, 7) is 7.62. The van der Waals surface area contributed by atoms with Crippen LogP contribution in [0.2, 0.25) is 0 Å². The van der Waals surface area contributed by atoms with Gasteiger partial charge in [-0.1, -0.05) is 6.42 Å². The number of piperazine rings is 1. The summed E-state index contributed by atoms with van der Waals surface area (Å²) >= 11 is 0. The minimum absolute atomic E-state index is 0.0283. The molecule has 1 aliphatic carbocycles. The van der Waals surface area contributed by atoms with E-state index in [9.17, 15) is 10.1 Å². The van der Waals surface area contributed by atoms with Gasteiger partial charge in [0.05, 0.1) is 12.1 Å². The molecule has 0 aromatic carbocycles. The zero-order valence-electron chi connectivity index (χ0n) is 13.9. The molecule has 5 nitrogen and oxygen atoms in total. The minimum Gasteiger partial charge on any atom is -0.337 e. The van der Waals surface area contributed by atoms with E-state index in [1.807, 2.05) is 4.90 Å². The van der Waals surface area contributed by atoms with Gasteiger partial charge in [0.25, 0.3) is 0 Å². The molecule has 0 aromatic heterocycles. The van der Waals surface area contributed by atoms with Crippen molar-refractivity contribution < 1.29 is 4.79 Å². The van der Waals surface area contributed by atoms with Crippen molar-refractivity contribution in [1.82, 2.24) is 14.7 Å². The molecule has 0 radical (unpaired) electrons. The van der Waals surface area contributed by atoms with Crippen LogP contribution in [-0.2, 0) is 4.79 Å². The Morgan fingerprint density at radius 3 is 2.55 bits per heavy atom. The summed E-state index contributed by atoms with van der Waals surface area (Å²) in [4.78, 5) is 19.6. The van der Waals surface area contributed by atoms with Gasteiger partial charge in [0, 0.05) is 31.7 Å². The number of rotatable bonds is 3. The van der Waals surface area contributed by atoms with Gasteiger partial charge in [0.2, 0.25) is 5.91 Å². The first-order valence-corrected chi connectivity index (χ1v) is 8.81. The Bertz CT molecular complexity index is 454. The van der Waals surface area contributed by atoms with Crippen LogP contribution in [0, 0.1) is 11.3 Å². The number of carbonyl (C=O) groups is 1. The third-order valence-corrected chi connectivity index (χ3v) is 5.39. The molecule has 3 rings (SSSR count). The first kappa shape index (κ1) is 15.8. The Morgan fingerprint density at radius 2 is 1.91 bits per heavy atom. The van der Waals surface area contributed by atoms with E-state index in [1.165, 1.54) is 19.3 Å². The van der Waals surface area contributed by atoms with Crippen LogP contribution in [0.25, 0.3) is 0 Å². The standard InChI is InChI=1S/C17H28N4O/c1-13(2)20-8-4-3-5-16(20)17(22)19-9-10-21(14-6-7-14)15(11-18)12-19/h13-16H,3-10,12H2,1-2H3/t15-,16+/m0/s1. The van der Waals surface area contributed by atoms with Crippen molar-refractivity contribution in [3.05, 3.63) is 0 Å². The van der Waals surface area contributed by atoms with E-state index in [2.05, 4.69) is 29.7 Å². The summed E-state index contributed by atoms with van der Waals surface area (Å²) in [5, 5.41) is 9.45. The molecule has 2 aliphatic heterocycles. The Hall–Kier alpha value is -1.12. The van der Waals surface area contributed by atoms with Gasteiger partial charge in [-0.15, -0.1) is 0 Å². The number of nitrogens with zero attached hydrogens (tertiary/aromatic N) is 4. The van der Waals surface area contributed by atoms with E-state index in [4.69, 9.17) is 0 Å². The molecule has 3 aliphatic rings. The van der Waals surface area contributed by atoms with Gasteiger partial charge in [-0.3, -0.25) is 14.6 Å². The Balaban J connectivity index is 1.65. The number of nitriles is 1. The summed E-state index contributed by atoms with van der Waals surface area (Å²) < 4.78 is 0. The molecule has 22 heavy (non-hydrogen) atoms. The third-order valence-electron chi connectivity index (χ3n) is 5.39. The lowest BCUT2D eigenvalue weighted by molar-refractivity contribution is -0.141. The van der Waals surface area contributed by atoms with Gasteiger partial charge in [-0.25, -0.2) is 0 Å². The quantitative estimate of drug-likeness (QED) is 0.792. The largest absolute Gasteiger partial charge is 0.337 e. The molecule has 2 saturated heterocycles. The first-order valence-electron chi connectivity index (χ1n) is 8.81. The van der Waals surface area contributed by atoms with Gasteiger partial charge < -0.3 is 4.90 Å². The highest BCUT2D eigenvalue weighted by atomic mass is 16.2. The maximum absolute atomic E-state index is 13.0. The average Bonchev–Trinajstić information content (AvgIpc) is 3.38. The lowest BCUT2D eigenvalue weighted by Gasteiger charge is -2.43. The van der Waals surface area contributed by atoms with Crippen LogP contribution in [0.5, 0.6) is 0 Å². The average molecular weight is 304 g/mol. The first-order chi connectivity index (χ1) is 10.6. The molecule has 3 fully saturated rings. The molecule has 122 valence electrons. The molecule has 0 N–H and O–H groups in total. The van der Waals surface area contributed by atoms with Gasteiger partial charge >= 0.3 is 0 Å². The van der Waals surface area contributed by atoms with Crippen molar-refractivity contribution in [3.8, 4) is 6.07 Å². The summed E-state index contributed by atoms with van der Waals surface area (Å²) in [5.41, 5.74) is 0. The highest BCUT2D eigenvalue weighted by Gasteiger charge is 2.41. The molecule has 0 aromatic rings. The molecular formula is C17H28N4O. The third kappa shape index (κ3) is 3.13. The molecule has 0 bridgehead atoms. The highest BCUT2D eigenvalue weighted by Crippen LogP contribution is 2.30. The van der Waals surface area contributed by atoms with Crippen molar-refractivity contribution >= 4 is 5.91 Å². The maximum atomic E-state index is 13.0. The summed E-state index contributed by atoms with van der Waals surface area (Å²) in [5.74, 6) is 0.254. The number of carbonyl (C=O) groups excluding carboxylic acids is 1. The Morgan fingerprint density at radius 1 is 1.14 bits per heavy atom. The monoisotopic (exact) mass is 304 g/mol. The lowest BCUT2D eigenvalue weighted by Crippen LogP contribution is -2.60. The second-order valence-corrected chi connectivity index (χ2v) is 7.24. The normalized spacial score (nSPS) is 31.3. The van der Waals surface area contributed by atoms with Crippen LogP contribution in [0.15, 0.2) is 0 Å². The molecule has 0 unspecified atom stereocenters. The van der Waals surface area contributed by atoms with Crippen molar-refractivity contribution in [2.75, 3.05) is 26.2 Å². The van der Waals surface area contributed by atoms with Gasteiger partial charge in [0.15, 0.2) is 0 Å². The summed E-state index contributed by atoms with van der Waals surface area (Å²) in [6, 6.07) is 3.35. The number of likely N-dealkylation sites (tertiary alicyclic amines) is 1. The molecule has 1 saturated carbocycles. The zero-order valence-corrected chi connectivity index (χ0v) is 13.9. The number of hydrogen-bond donors (Lipinski definition) is 0. The molecule has 1 amide bonds. The fraction of sp³-hybridized carbons (Fsp3) is 0.882. The second-order valence-electron chi connectivity index (χ2n) is 7.24. The second kappa shape index (κ2) is 6.55. The van der Waals surface area contributed by atoms with Crippen LogP contribution in [0.4, 0.5) is 0 Å². The van der Waals surface area contributed by atoms with E-state index < -0.39 is 0 Å². The van der Waals surface area contributed by atoms with E-state index in [1.54, 1.807) is 0 Å². The smallest absolute Gasteiger partial charge is 0.240 e. The molecule has 0 spiro atoms. The fourth-order valence-corrected chi connectivity index (χ4v) is 4.00. The Kier molecular flexibility index (Phi) is 4.70. The van der Waals surface area contributed by atoms with E-state index in [-0.39, 0.29) is 18.0 Å². The SMILES string of the molecule is CC(C)N1CCCC[C@@H]1C(=O)N1CCN(C2CC2)[C@@H](C#N)C1. The Labute approximate surface area is 133 Å². The fourth-order valence-electron chi connectivity index (χ4n) is 4.00. The summed E-state index contributed by atoms with van der Waals surface area (Å²) in [7, 11) is 0. The van der Waals surface area contributed by atoms with Gasteiger partial charge in [-0.05, 0) is 46.1 Å². The highest BCUT2D eigenvalue weighted by molar-refractivity contribution is 5.82. The van der Waals surface area contributed by atoms with E-state index in [0.29, 0.717) is 18.6 Å². The predicted octanol–water partition coefficient (Wildman–Crippen LogP) is 1.45. The summed E-state index contributed by atoms with van der Waals surface area (Å²) in [6.07, 6.45) is 5.74. The number of piperidine rings is 1. The van der Waals surface area contributed by atoms with Crippen molar-refractivity contribution in [2.24, 2.45) is 0 Å². The number of hydrogen-bond acceptors (Lipinski definition) is 4. The van der Waals surface area contributed by atoms with Crippen molar-refractivity contribution in [3.63, 3.8) is 0 Å². The predicted molar refractivity (Wildman–Crippen MR) is 85.2 cm³/mol. The van der Waals surface area contributed by atoms with Crippen molar-refractivity contribution in [1.29, 1.82) is 5.26 Å². The van der Waals surface area contributed by atoms with Crippen LogP contribution >= 0.6 is 0 Å². The molecule has 5 heteroatoms. The van der Waals surface area contributed by atoms with Gasteiger partial charge in [0.1, 0.15) is 6.04 Å². The van der Waals surface area contributed by atoms with Crippen LogP contribution < -0.4 is 0 Å². The molecular weight excluding hydrogens is 276 g/mol. The number of amides is 1. The van der Waals surface area contributed by atoms with Crippen molar-refractivity contribution in [2.45, 2.75) is 70.1 Å². The molecule has 2 heterocycles. The zero-order chi connectivity index (χ0) is 15.7. The van der Waals surface area contributed by atoms with Crippen LogP contribution in [-0.4, -0.2) is 71.0 Å². The van der Waals surface area contributed by atoms with Gasteiger partial charge in [-0.2, -0.15) is 5.26 Å². The maximum Gasteiger partial charge on any atom is 0.240 e. The molecule has 2 atom stereocenters. The minimum atomic E-state index is -0.110. The van der Waals surface area contributed by atoms with E-state index >= 15 is 0 Å².